The number of likely N-dealkylation sites (tertiary alicyclic amines) is 1. The van der Waals surface area contributed by atoms with E-state index in [9.17, 15) is 14.0 Å². The minimum Gasteiger partial charge on any atom is -0.341 e. The maximum Gasteiger partial charge on any atom is 0.227 e. The molecule has 2 aliphatic rings. The van der Waals surface area contributed by atoms with Gasteiger partial charge in [0.1, 0.15) is 5.82 Å². The summed E-state index contributed by atoms with van der Waals surface area (Å²) in [5.41, 5.74) is 2.35. The zero-order valence-corrected chi connectivity index (χ0v) is 24.7. The SMILES string of the molecule is CCCC(=O)N1CCN(C(=O)C2CCN(C(C)(C)C)C2)CCCC1Cc1ccccc1.Cc1cccc(F)c1. The Balaban J connectivity index is 0.000000449. The summed E-state index contributed by atoms with van der Waals surface area (Å²) in [6.07, 6.45) is 5.19. The smallest absolute Gasteiger partial charge is 0.227 e. The molecule has 2 amide bonds. The Hall–Kier alpha value is -2.73. The van der Waals surface area contributed by atoms with E-state index >= 15 is 0 Å². The number of aryl methyl sites for hydroxylation is 1. The Morgan fingerprint density at radius 1 is 0.949 bits per heavy atom. The van der Waals surface area contributed by atoms with Gasteiger partial charge >= 0.3 is 0 Å². The van der Waals surface area contributed by atoms with Gasteiger partial charge < -0.3 is 9.80 Å². The van der Waals surface area contributed by atoms with E-state index in [4.69, 9.17) is 0 Å². The minimum atomic E-state index is -0.162. The molecule has 0 aromatic heterocycles. The van der Waals surface area contributed by atoms with Gasteiger partial charge in [-0.2, -0.15) is 0 Å². The Bertz CT molecular complexity index is 1040. The Morgan fingerprint density at radius 3 is 2.28 bits per heavy atom. The van der Waals surface area contributed by atoms with Crippen LogP contribution >= 0.6 is 0 Å². The van der Waals surface area contributed by atoms with Crippen LogP contribution in [0.2, 0.25) is 0 Å². The molecule has 0 spiro atoms. The van der Waals surface area contributed by atoms with Gasteiger partial charge in [-0.05, 0) is 89.6 Å². The van der Waals surface area contributed by atoms with Gasteiger partial charge in [0.2, 0.25) is 11.8 Å². The first-order valence-corrected chi connectivity index (χ1v) is 14.7. The highest BCUT2D eigenvalue weighted by Crippen LogP contribution is 2.27. The van der Waals surface area contributed by atoms with Crippen molar-refractivity contribution in [1.82, 2.24) is 14.7 Å². The summed E-state index contributed by atoms with van der Waals surface area (Å²) in [6, 6.07) is 17.2. The van der Waals surface area contributed by atoms with E-state index in [-0.39, 0.29) is 35.1 Å². The van der Waals surface area contributed by atoms with Crippen molar-refractivity contribution in [3.63, 3.8) is 0 Å². The summed E-state index contributed by atoms with van der Waals surface area (Å²) < 4.78 is 12.2. The third-order valence-corrected chi connectivity index (χ3v) is 7.89. The zero-order chi connectivity index (χ0) is 28.4. The van der Waals surface area contributed by atoms with Crippen molar-refractivity contribution in [2.24, 2.45) is 5.92 Å². The van der Waals surface area contributed by atoms with Crippen molar-refractivity contribution < 1.29 is 14.0 Å². The van der Waals surface area contributed by atoms with Crippen molar-refractivity contribution in [1.29, 1.82) is 0 Å². The van der Waals surface area contributed by atoms with Crippen LogP contribution in [-0.4, -0.2) is 70.8 Å². The minimum absolute atomic E-state index is 0.0959. The lowest BCUT2D eigenvalue weighted by Gasteiger charge is -2.38. The van der Waals surface area contributed by atoms with Crippen molar-refractivity contribution in [3.05, 3.63) is 71.5 Å². The van der Waals surface area contributed by atoms with Crippen LogP contribution < -0.4 is 0 Å². The fourth-order valence-corrected chi connectivity index (χ4v) is 5.64. The van der Waals surface area contributed by atoms with Crippen molar-refractivity contribution in [2.75, 3.05) is 32.7 Å². The van der Waals surface area contributed by atoms with Crippen LogP contribution in [0, 0.1) is 18.7 Å². The monoisotopic (exact) mass is 537 g/mol. The molecule has 4 rings (SSSR count). The second-order valence-electron chi connectivity index (χ2n) is 12.0. The van der Waals surface area contributed by atoms with Crippen LogP contribution in [0.5, 0.6) is 0 Å². The average molecular weight is 538 g/mol. The molecule has 39 heavy (non-hydrogen) atoms. The summed E-state index contributed by atoms with van der Waals surface area (Å²) in [5, 5.41) is 0. The number of hydrogen-bond donors (Lipinski definition) is 0. The van der Waals surface area contributed by atoms with E-state index in [0.717, 1.165) is 57.3 Å². The molecule has 0 saturated carbocycles. The topological polar surface area (TPSA) is 43.9 Å². The van der Waals surface area contributed by atoms with Gasteiger partial charge in [0.05, 0.1) is 5.92 Å². The molecule has 0 radical (unpaired) electrons. The molecule has 2 fully saturated rings. The quantitative estimate of drug-likeness (QED) is 0.463. The molecule has 2 heterocycles. The summed E-state index contributed by atoms with van der Waals surface area (Å²) in [5.74, 6) is 0.456. The molecule has 2 aliphatic heterocycles. The molecule has 5 nitrogen and oxygen atoms in total. The summed E-state index contributed by atoms with van der Waals surface area (Å²) >= 11 is 0. The molecule has 2 unspecified atom stereocenters. The standard InChI is InChI=1S/C26H41N3O2.C7H7F/c1-5-10-24(30)29-18-17-27(25(31)22-14-16-28(20-22)26(2,3)4)15-9-13-23(29)19-21-11-7-6-8-12-21;1-6-3-2-4-7(8)5-6/h6-8,11-12,22-23H,5,9-10,13-20H2,1-4H3;2-5H,1H3. The van der Waals surface area contributed by atoms with Crippen LogP contribution in [0.3, 0.4) is 0 Å². The maximum absolute atomic E-state index is 13.3. The predicted molar refractivity (Wildman–Crippen MR) is 157 cm³/mol. The van der Waals surface area contributed by atoms with Crippen LogP contribution in [0.15, 0.2) is 54.6 Å². The third-order valence-electron chi connectivity index (χ3n) is 7.89. The number of rotatable bonds is 5. The van der Waals surface area contributed by atoms with E-state index < -0.39 is 0 Å². The van der Waals surface area contributed by atoms with Gasteiger partial charge in [-0.3, -0.25) is 14.5 Å². The molecule has 6 heteroatoms. The van der Waals surface area contributed by atoms with Crippen LogP contribution in [0.4, 0.5) is 4.39 Å². The van der Waals surface area contributed by atoms with Crippen LogP contribution in [-0.2, 0) is 16.0 Å². The molecule has 0 bridgehead atoms. The molecule has 2 aromatic carbocycles. The highest BCUT2D eigenvalue weighted by Gasteiger charge is 2.36. The first kappa shape index (κ1) is 30.8. The van der Waals surface area contributed by atoms with Crippen LogP contribution in [0.1, 0.15) is 70.9 Å². The highest BCUT2D eigenvalue weighted by molar-refractivity contribution is 5.80. The molecule has 2 atom stereocenters. The number of hydrogen-bond acceptors (Lipinski definition) is 3. The molecule has 0 aliphatic carbocycles. The van der Waals surface area contributed by atoms with Crippen molar-refractivity contribution >= 4 is 11.8 Å². The zero-order valence-electron chi connectivity index (χ0n) is 24.7. The second-order valence-corrected chi connectivity index (χ2v) is 12.0. The Labute approximate surface area is 235 Å². The third kappa shape index (κ3) is 9.45. The van der Waals surface area contributed by atoms with Gasteiger partial charge in [-0.25, -0.2) is 4.39 Å². The van der Waals surface area contributed by atoms with Gasteiger partial charge in [0, 0.05) is 44.2 Å². The Morgan fingerprint density at radius 2 is 1.69 bits per heavy atom. The molecule has 214 valence electrons. The van der Waals surface area contributed by atoms with E-state index in [1.165, 1.54) is 17.7 Å². The summed E-state index contributed by atoms with van der Waals surface area (Å²) in [7, 11) is 0. The second kappa shape index (κ2) is 14.6. The number of nitrogens with zero attached hydrogens (tertiary/aromatic N) is 3. The van der Waals surface area contributed by atoms with E-state index in [1.54, 1.807) is 6.07 Å². The van der Waals surface area contributed by atoms with Crippen LogP contribution in [0.25, 0.3) is 0 Å². The van der Waals surface area contributed by atoms with Gasteiger partial charge in [-0.15, -0.1) is 0 Å². The first-order valence-electron chi connectivity index (χ1n) is 14.7. The molecular formula is C33H48FN3O2. The summed E-state index contributed by atoms with van der Waals surface area (Å²) in [6.45, 7) is 14.6. The lowest BCUT2D eigenvalue weighted by molar-refractivity contribution is -0.140. The number of carbonyl (C=O) groups excluding carboxylic acids is 2. The number of carbonyl (C=O) groups is 2. The van der Waals surface area contributed by atoms with Crippen molar-refractivity contribution in [3.8, 4) is 0 Å². The highest BCUT2D eigenvalue weighted by atomic mass is 19.1. The number of halogens is 1. The average Bonchev–Trinajstić information content (AvgIpc) is 3.38. The first-order chi connectivity index (χ1) is 18.6. The predicted octanol–water partition coefficient (Wildman–Crippen LogP) is 6.10. The largest absolute Gasteiger partial charge is 0.341 e. The van der Waals surface area contributed by atoms with E-state index in [1.807, 2.05) is 24.0 Å². The van der Waals surface area contributed by atoms with Gasteiger partial charge in [0.25, 0.3) is 0 Å². The molecule has 0 N–H and O–H groups in total. The molecular weight excluding hydrogens is 489 g/mol. The van der Waals surface area contributed by atoms with Gasteiger partial charge in [0.15, 0.2) is 0 Å². The molecule has 2 aromatic rings. The lowest BCUT2D eigenvalue weighted by Crippen LogP contribution is -2.50. The Kier molecular flexibility index (Phi) is 11.5. The van der Waals surface area contributed by atoms with E-state index in [0.29, 0.717) is 19.5 Å². The fraction of sp³-hybridized carbons (Fsp3) is 0.576. The van der Waals surface area contributed by atoms with Gasteiger partial charge in [-0.1, -0.05) is 49.4 Å². The lowest BCUT2D eigenvalue weighted by atomic mass is 9.98. The maximum atomic E-state index is 13.3. The number of amides is 2. The summed E-state index contributed by atoms with van der Waals surface area (Å²) in [4.78, 5) is 32.8. The number of benzene rings is 2. The van der Waals surface area contributed by atoms with Crippen molar-refractivity contribution in [2.45, 2.75) is 84.7 Å². The van der Waals surface area contributed by atoms with E-state index in [2.05, 4.69) is 61.8 Å². The fourth-order valence-electron chi connectivity index (χ4n) is 5.64. The molecule has 2 saturated heterocycles. The normalized spacial score (nSPS) is 20.6.